The zero-order valence-electron chi connectivity index (χ0n) is 16.8. The van der Waals surface area contributed by atoms with Crippen LogP contribution < -0.4 is 0 Å². The number of carbonyl (C=O) groups excluding carboxylic acids is 2. The van der Waals surface area contributed by atoms with Crippen molar-refractivity contribution in [2.75, 3.05) is 13.7 Å². The molecule has 1 amide bonds. The quantitative estimate of drug-likeness (QED) is 0.303. The summed E-state index contributed by atoms with van der Waals surface area (Å²) in [6.07, 6.45) is 3.56. The minimum atomic E-state index is -0.358. The molecule has 5 nitrogen and oxygen atoms in total. The zero-order valence-corrected chi connectivity index (χ0v) is 18.4. The minimum Gasteiger partial charge on any atom is -0.465 e. The fourth-order valence-electron chi connectivity index (χ4n) is 3.38. The summed E-state index contributed by atoms with van der Waals surface area (Å²) in [5.74, 6) is -0.453. The monoisotopic (exact) mass is 426 g/mol. The van der Waals surface area contributed by atoms with Crippen LogP contribution in [0.25, 0.3) is 11.8 Å². The van der Waals surface area contributed by atoms with Crippen LogP contribution in [-0.2, 0) is 9.53 Å². The largest absolute Gasteiger partial charge is 0.465 e. The van der Waals surface area contributed by atoms with E-state index in [0.717, 1.165) is 28.2 Å². The molecule has 0 bridgehead atoms. The highest BCUT2D eigenvalue weighted by molar-refractivity contribution is 8.26. The number of carbonyl (C=O) groups is 2. The molecule has 0 radical (unpaired) electrons. The van der Waals surface area contributed by atoms with Crippen molar-refractivity contribution < 1.29 is 14.3 Å². The number of hydrogen-bond acceptors (Lipinski definition) is 5. The van der Waals surface area contributed by atoms with Crippen molar-refractivity contribution in [2.45, 2.75) is 20.8 Å². The molecule has 0 aliphatic carbocycles. The zero-order chi connectivity index (χ0) is 21.3. The van der Waals surface area contributed by atoms with E-state index in [4.69, 9.17) is 17.0 Å². The Labute approximate surface area is 180 Å². The first-order valence-corrected chi connectivity index (χ1v) is 10.3. The van der Waals surface area contributed by atoms with Crippen LogP contribution in [0.3, 0.4) is 0 Å². The second-order valence-electron chi connectivity index (χ2n) is 6.74. The first-order valence-electron chi connectivity index (χ1n) is 9.03. The molecule has 0 unspecified atom stereocenters. The molecule has 2 aromatic rings. The summed E-state index contributed by atoms with van der Waals surface area (Å²) < 4.78 is 7.46. The van der Waals surface area contributed by atoms with Gasteiger partial charge in [-0.3, -0.25) is 9.69 Å². The Kier molecular flexibility index (Phi) is 6.10. The number of rotatable bonds is 5. The fourth-order valence-corrected chi connectivity index (χ4v) is 4.65. The van der Waals surface area contributed by atoms with Gasteiger partial charge in [0.1, 0.15) is 4.32 Å². The third-order valence-corrected chi connectivity index (χ3v) is 6.18. The summed E-state index contributed by atoms with van der Waals surface area (Å²) in [7, 11) is 1.37. The molecule has 3 rings (SSSR count). The van der Waals surface area contributed by atoms with Gasteiger partial charge >= 0.3 is 5.97 Å². The molecule has 1 aliphatic heterocycles. The first kappa shape index (κ1) is 21.1. The van der Waals surface area contributed by atoms with Gasteiger partial charge in [0.25, 0.3) is 5.91 Å². The maximum Gasteiger partial charge on any atom is 0.337 e. The number of thioether (sulfide) groups is 1. The number of aromatic nitrogens is 1. The third-order valence-electron chi connectivity index (χ3n) is 4.80. The molecular weight excluding hydrogens is 404 g/mol. The molecule has 1 saturated heterocycles. The fraction of sp³-hybridized carbons (Fsp3) is 0.227. The predicted octanol–water partition coefficient (Wildman–Crippen LogP) is 4.58. The molecule has 2 heterocycles. The lowest BCUT2D eigenvalue weighted by Gasteiger charge is -2.14. The van der Waals surface area contributed by atoms with E-state index in [1.54, 1.807) is 17.0 Å². The summed E-state index contributed by atoms with van der Waals surface area (Å²) in [4.78, 5) is 26.6. The second kappa shape index (κ2) is 8.39. The molecule has 1 aliphatic rings. The second-order valence-corrected chi connectivity index (χ2v) is 8.41. The molecule has 0 atom stereocenters. The highest BCUT2D eigenvalue weighted by Crippen LogP contribution is 2.34. The van der Waals surface area contributed by atoms with Gasteiger partial charge in [-0.2, -0.15) is 0 Å². The highest BCUT2D eigenvalue weighted by Gasteiger charge is 2.31. The minimum absolute atomic E-state index is 0.0942. The predicted molar refractivity (Wildman–Crippen MR) is 121 cm³/mol. The Balaban J connectivity index is 2.00. The van der Waals surface area contributed by atoms with Gasteiger partial charge in [0.2, 0.25) is 0 Å². The van der Waals surface area contributed by atoms with E-state index in [9.17, 15) is 9.59 Å². The van der Waals surface area contributed by atoms with Crippen molar-refractivity contribution in [2.24, 2.45) is 0 Å². The summed E-state index contributed by atoms with van der Waals surface area (Å²) in [6, 6.07) is 7.53. The van der Waals surface area contributed by atoms with Crippen molar-refractivity contribution >= 4 is 46.3 Å². The normalized spacial score (nSPS) is 15.3. The molecular formula is C22H22N2O3S2. The van der Waals surface area contributed by atoms with E-state index in [0.29, 0.717) is 21.3 Å². The van der Waals surface area contributed by atoms with E-state index < -0.39 is 0 Å². The van der Waals surface area contributed by atoms with Gasteiger partial charge in [0, 0.05) is 23.6 Å². The maximum atomic E-state index is 12.6. The number of thiocarbonyl (C=S) groups is 1. The van der Waals surface area contributed by atoms with Gasteiger partial charge < -0.3 is 9.30 Å². The average molecular weight is 427 g/mol. The molecule has 1 aromatic heterocycles. The molecule has 150 valence electrons. The molecule has 0 saturated carbocycles. The van der Waals surface area contributed by atoms with Gasteiger partial charge in [0.05, 0.1) is 17.6 Å². The molecule has 0 spiro atoms. The lowest BCUT2D eigenvalue weighted by atomic mass is 10.1. The van der Waals surface area contributed by atoms with E-state index in [2.05, 4.69) is 11.1 Å². The highest BCUT2D eigenvalue weighted by atomic mass is 32.2. The lowest BCUT2D eigenvalue weighted by molar-refractivity contribution is -0.121. The number of amides is 1. The van der Waals surface area contributed by atoms with E-state index in [1.165, 1.54) is 18.9 Å². The van der Waals surface area contributed by atoms with E-state index >= 15 is 0 Å². The summed E-state index contributed by atoms with van der Waals surface area (Å²) >= 11 is 6.62. The van der Waals surface area contributed by atoms with Crippen LogP contribution in [0.15, 0.2) is 41.8 Å². The smallest absolute Gasteiger partial charge is 0.337 e. The van der Waals surface area contributed by atoms with Gasteiger partial charge in [-0.15, -0.1) is 6.58 Å². The number of hydrogen-bond donors (Lipinski definition) is 0. The van der Waals surface area contributed by atoms with Gasteiger partial charge in [-0.25, -0.2) is 4.79 Å². The van der Waals surface area contributed by atoms with E-state index in [-0.39, 0.29) is 11.9 Å². The van der Waals surface area contributed by atoms with Crippen molar-refractivity contribution in [1.82, 2.24) is 9.47 Å². The van der Waals surface area contributed by atoms with Crippen molar-refractivity contribution in [3.63, 3.8) is 0 Å². The molecule has 7 heteroatoms. The summed E-state index contributed by atoms with van der Waals surface area (Å²) in [5.41, 5.74) is 5.44. The Morgan fingerprint density at radius 2 is 2.00 bits per heavy atom. The number of ether oxygens (including phenoxy) is 1. The topological polar surface area (TPSA) is 51.5 Å². The van der Waals surface area contributed by atoms with Gasteiger partial charge in [-0.1, -0.05) is 30.1 Å². The standard InChI is InChI=1S/C22H22N2O3S2/c1-6-9-23-20(25)19(29-22(23)28)12-17-11-14(3)24(15(17)4)18-8-7-16(10-13(18)2)21(26)27-5/h6-8,10-12H,1,9H2,2-5H3/b19-12+. The van der Waals surface area contributed by atoms with Crippen LogP contribution in [0.5, 0.6) is 0 Å². The Hall–Kier alpha value is -2.64. The number of methoxy groups -OCH3 is 1. The van der Waals surface area contributed by atoms with Gasteiger partial charge in [0.15, 0.2) is 0 Å². The lowest BCUT2D eigenvalue weighted by Crippen LogP contribution is -2.27. The van der Waals surface area contributed by atoms with Crippen LogP contribution >= 0.6 is 24.0 Å². The molecule has 1 fully saturated rings. The van der Waals surface area contributed by atoms with Crippen molar-refractivity contribution in [1.29, 1.82) is 0 Å². The van der Waals surface area contributed by atoms with Gasteiger partial charge in [-0.05, 0) is 62.2 Å². The number of nitrogens with zero attached hydrogens (tertiary/aromatic N) is 2. The van der Waals surface area contributed by atoms with Crippen molar-refractivity contribution in [3.05, 3.63) is 69.9 Å². The third kappa shape index (κ3) is 3.93. The first-order chi connectivity index (χ1) is 13.8. The Morgan fingerprint density at radius 3 is 2.62 bits per heavy atom. The Bertz CT molecular complexity index is 1070. The number of esters is 1. The van der Waals surface area contributed by atoms with Crippen LogP contribution in [0, 0.1) is 20.8 Å². The van der Waals surface area contributed by atoms with E-state index in [1.807, 2.05) is 45.0 Å². The van der Waals surface area contributed by atoms with Crippen LogP contribution in [0.4, 0.5) is 0 Å². The van der Waals surface area contributed by atoms with Crippen LogP contribution in [0.1, 0.15) is 32.9 Å². The molecule has 1 aromatic carbocycles. The van der Waals surface area contributed by atoms with Crippen LogP contribution in [0.2, 0.25) is 0 Å². The number of aryl methyl sites for hydroxylation is 2. The number of benzene rings is 1. The Morgan fingerprint density at radius 1 is 1.28 bits per heavy atom. The summed E-state index contributed by atoms with van der Waals surface area (Å²) in [6.45, 7) is 10.1. The average Bonchev–Trinajstić information content (AvgIpc) is 3.11. The van der Waals surface area contributed by atoms with Crippen LogP contribution in [-0.4, -0.2) is 39.3 Å². The SMILES string of the molecule is C=CCN1C(=O)/C(=C\c2cc(C)n(-c3ccc(C(=O)OC)cc3C)c2C)SC1=S. The maximum absolute atomic E-state index is 12.6. The van der Waals surface area contributed by atoms with Crippen molar-refractivity contribution in [3.8, 4) is 5.69 Å². The molecule has 0 N–H and O–H groups in total. The molecule has 29 heavy (non-hydrogen) atoms. The summed E-state index contributed by atoms with van der Waals surface area (Å²) in [5, 5.41) is 0.